The average molecular weight is 365 g/mol. The number of carbonyl (C=O) groups excluding carboxylic acids is 1. The van der Waals surface area contributed by atoms with Gasteiger partial charge in [0, 0.05) is 7.05 Å². The Balaban J connectivity index is 1.91. The van der Waals surface area contributed by atoms with E-state index in [1.165, 1.54) is 18.0 Å². The molecule has 0 bridgehead atoms. The van der Waals surface area contributed by atoms with Gasteiger partial charge in [0.05, 0.1) is 11.6 Å². The number of halogens is 2. The van der Waals surface area contributed by atoms with E-state index >= 15 is 0 Å². The van der Waals surface area contributed by atoms with E-state index in [-0.39, 0.29) is 11.3 Å². The second-order valence-corrected chi connectivity index (χ2v) is 5.77. The highest BCUT2D eigenvalue weighted by molar-refractivity contribution is 6.18. The maximum absolute atomic E-state index is 13.5. The molecule has 1 amide bonds. The third-order valence-electron chi connectivity index (χ3n) is 3.89. The fourth-order valence-corrected chi connectivity index (χ4v) is 2.47. The molecule has 7 heteroatoms. The molecular formula is C20H13F2N3O2. The van der Waals surface area contributed by atoms with E-state index in [0.717, 1.165) is 17.7 Å². The first-order chi connectivity index (χ1) is 12.9. The Morgan fingerprint density at radius 1 is 1.15 bits per heavy atom. The van der Waals surface area contributed by atoms with Crippen molar-refractivity contribution >= 4 is 23.9 Å². The summed E-state index contributed by atoms with van der Waals surface area (Å²) in [7, 11) is 1.52. The molecule has 2 aromatic rings. The number of hydrogen-bond acceptors (Lipinski definition) is 4. The number of benzene rings is 2. The Bertz CT molecular complexity index is 1040. The summed E-state index contributed by atoms with van der Waals surface area (Å²) in [5.41, 5.74) is 1.34. The third-order valence-corrected chi connectivity index (χ3v) is 3.89. The summed E-state index contributed by atoms with van der Waals surface area (Å²) >= 11 is 0. The minimum Gasteiger partial charge on any atom is -0.503 e. The second kappa shape index (κ2) is 7.22. The van der Waals surface area contributed by atoms with Gasteiger partial charge < -0.3 is 5.11 Å². The van der Waals surface area contributed by atoms with E-state index in [0.29, 0.717) is 11.4 Å². The average Bonchev–Trinajstić information content (AvgIpc) is 2.92. The number of rotatable bonds is 3. The smallest absolute Gasteiger partial charge is 0.277 e. The SMILES string of the molecule is CN1C(=O)/C(=C/c2cc(F)c(O)c(F)c2)N=C1/C=C/c1cccc(C#N)c1. The first kappa shape index (κ1) is 18.0. The molecule has 2 aromatic carbocycles. The quantitative estimate of drug-likeness (QED) is 0.846. The molecule has 1 aliphatic heterocycles. The molecule has 1 aliphatic rings. The van der Waals surface area contributed by atoms with Gasteiger partial charge in [-0.25, -0.2) is 13.8 Å². The summed E-state index contributed by atoms with van der Waals surface area (Å²) in [5, 5.41) is 18.1. The topological polar surface area (TPSA) is 76.7 Å². The largest absolute Gasteiger partial charge is 0.503 e. The van der Waals surface area contributed by atoms with E-state index in [4.69, 9.17) is 10.4 Å². The number of phenolic OH excluding ortho intramolecular Hbond substituents is 1. The van der Waals surface area contributed by atoms with Crippen molar-refractivity contribution in [3.8, 4) is 11.8 Å². The van der Waals surface area contributed by atoms with Crippen LogP contribution < -0.4 is 0 Å². The number of likely N-dealkylation sites (N-methyl/N-ethyl adjacent to an activating group) is 1. The maximum atomic E-state index is 13.5. The highest BCUT2D eigenvalue weighted by Gasteiger charge is 2.25. The van der Waals surface area contributed by atoms with Crippen LogP contribution in [-0.4, -0.2) is 28.8 Å². The molecule has 0 aromatic heterocycles. The van der Waals surface area contributed by atoms with Crippen LogP contribution in [0.2, 0.25) is 0 Å². The van der Waals surface area contributed by atoms with Crippen molar-refractivity contribution in [2.24, 2.45) is 4.99 Å². The van der Waals surface area contributed by atoms with E-state index < -0.39 is 23.3 Å². The maximum Gasteiger partial charge on any atom is 0.277 e. The molecule has 5 nitrogen and oxygen atoms in total. The van der Waals surface area contributed by atoms with Crippen molar-refractivity contribution in [2.45, 2.75) is 0 Å². The Kier molecular flexibility index (Phi) is 4.81. The predicted molar refractivity (Wildman–Crippen MR) is 96.4 cm³/mol. The summed E-state index contributed by atoms with van der Waals surface area (Å²) in [6, 6.07) is 10.8. The van der Waals surface area contributed by atoms with Crippen molar-refractivity contribution in [2.75, 3.05) is 7.05 Å². The van der Waals surface area contributed by atoms with Gasteiger partial charge in [0.25, 0.3) is 5.91 Å². The monoisotopic (exact) mass is 365 g/mol. The molecular weight excluding hydrogens is 352 g/mol. The lowest BCUT2D eigenvalue weighted by Crippen LogP contribution is -2.26. The lowest BCUT2D eigenvalue weighted by molar-refractivity contribution is -0.121. The highest BCUT2D eigenvalue weighted by Crippen LogP contribution is 2.24. The fourth-order valence-electron chi connectivity index (χ4n) is 2.47. The number of amidine groups is 1. The number of carbonyl (C=O) groups is 1. The van der Waals surface area contributed by atoms with E-state index in [1.807, 2.05) is 6.07 Å². The number of nitrogens with zero attached hydrogens (tertiary/aromatic N) is 3. The zero-order valence-corrected chi connectivity index (χ0v) is 14.1. The first-order valence-electron chi connectivity index (χ1n) is 7.84. The Morgan fingerprint density at radius 2 is 1.85 bits per heavy atom. The van der Waals surface area contributed by atoms with Crippen LogP contribution in [0.5, 0.6) is 5.75 Å². The normalized spacial score (nSPS) is 15.5. The Hall–Kier alpha value is -3.79. The minimum absolute atomic E-state index is 0.00687. The van der Waals surface area contributed by atoms with Gasteiger partial charge in [-0.05, 0) is 47.5 Å². The van der Waals surface area contributed by atoms with Crippen LogP contribution in [0, 0.1) is 23.0 Å². The third kappa shape index (κ3) is 3.75. The molecule has 27 heavy (non-hydrogen) atoms. The summed E-state index contributed by atoms with van der Waals surface area (Å²) in [6.07, 6.45) is 4.54. The molecule has 1 heterocycles. The van der Waals surface area contributed by atoms with Gasteiger partial charge in [0.2, 0.25) is 0 Å². The number of aliphatic imine (C=N–C) groups is 1. The second-order valence-electron chi connectivity index (χ2n) is 5.77. The summed E-state index contributed by atoms with van der Waals surface area (Å²) in [4.78, 5) is 17.8. The minimum atomic E-state index is -1.12. The van der Waals surface area contributed by atoms with Crippen LogP contribution in [0.15, 0.2) is 53.2 Å². The van der Waals surface area contributed by atoms with Crippen LogP contribution >= 0.6 is 0 Å². The zero-order valence-electron chi connectivity index (χ0n) is 14.1. The van der Waals surface area contributed by atoms with Gasteiger partial charge >= 0.3 is 0 Å². The molecule has 3 rings (SSSR count). The fraction of sp³-hybridized carbons (Fsp3) is 0.0500. The van der Waals surface area contributed by atoms with Crippen LogP contribution in [0.25, 0.3) is 12.2 Å². The number of nitriles is 1. The van der Waals surface area contributed by atoms with Crippen molar-refractivity contribution in [3.63, 3.8) is 0 Å². The summed E-state index contributed by atoms with van der Waals surface area (Å²) < 4.78 is 26.9. The summed E-state index contributed by atoms with van der Waals surface area (Å²) in [6.45, 7) is 0. The van der Waals surface area contributed by atoms with Crippen molar-refractivity contribution in [1.82, 2.24) is 4.90 Å². The van der Waals surface area contributed by atoms with Gasteiger partial charge in [-0.3, -0.25) is 9.69 Å². The van der Waals surface area contributed by atoms with Gasteiger partial charge in [-0.15, -0.1) is 0 Å². The molecule has 0 radical (unpaired) electrons. The Morgan fingerprint density at radius 3 is 2.52 bits per heavy atom. The van der Waals surface area contributed by atoms with Crippen LogP contribution in [0.4, 0.5) is 8.78 Å². The molecule has 134 valence electrons. The Labute approximate surface area is 153 Å². The molecule has 0 saturated carbocycles. The van der Waals surface area contributed by atoms with Crippen molar-refractivity contribution in [3.05, 3.63) is 76.5 Å². The zero-order chi connectivity index (χ0) is 19.6. The van der Waals surface area contributed by atoms with Crippen molar-refractivity contribution < 1.29 is 18.7 Å². The standard InChI is InChI=1S/C20H13F2N3O2/c1-25-18(6-5-12-3-2-4-13(7-12)11-23)24-17(20(25)27)10-14-8-15(21)19(26)16(22)9-14/h2-10,26H,1H3/b6-5+,17-10-. The molecule has 0 saturated heterocycles. The number of hydrogen-bond donors (Lipinski definition) is 1. The number of phenols is 1. The molecule has 1 N–H and O–H groups in total. The molecule has 0 atom stereocenters. The van der Waals surface area contributed by atoms with Gasteiger partial charge in [-0.1, -0.05) is 18.2 Å². The predicted octanol–water partition coefficient (Wildman–Crippen LogP) is 3.47. The van der Waals surface area contributed by atoms with Crippen molar-refractivity contribution in [1.29, 1.82) is 5.26 Å². The lowest BCUT2D eigenvalue weighted by atomic mass is 10.1. The molecule has 0 unspecified atom stereocenters. The van der Waals surface area contributed by atoms with E-state index in [9.17, 15) is 13.6 Å². The highest BCUT2D eigenvalue weighted by atomic mass is 19.1. The van der Waals surface area contributed by atoms with E-state index in [1.54, 1.807) is 36.4 Å². The van der Waals surface area contributed by atoms with Crippen LogP contribution in [0.3, 0.4) is 0 Å². The lowest BCUT2D eigenvalue weighted by Gasteiger charge is -2.07. The van der Waals surface area contributed by atoms with Gasteiger partial charge in [0.15, 0.2) is 17.4 Å². The van der Waals surface area contributed by atoms with Crippen LogP contribution in [0.1, 0.15) is 16.7 Å². The molecule has 0 spiro atoms. The molecule has 0 aliphatic carbocycles. The number of amides is 1. The summed E-state index contributed by atoms with van der Waals surface area (Å²) in [5.74, 6) is -3.41. The van der Waals surface area contributed by atoms with Gasteiger partial charge in [0.1, 0.15) is 11.5 Å². The van der Waals surface area contributed by atoms with Gasteiger partial charge in [-0.2, -0.15) is 5.26 Å². The number of aromatic hydroxyl groups is 1. The molecule has 0 fully saturated rings. The van der Waals surface area contributed by atoms with Crippen LogP contribution in [-0.2, 0) is 4.79 Å². The first-order valence-corrected chi connectivity index (χ1v) is 7.84. The van der Waals surface area contributed by atoms with E-state index in [2.05, 4.69) is 4.99 Å².